The fraction of sp³-hybridized carbons (Fsp3) is 0.375. The molecule has 2 aromatic carbocycles. The van der Waals surface area contributed by atoms with Crippen LogP contribution in [0.4, 0.5) is 0 Å². The van der Waals surface area contributed by atoms with Crippen LogP contribution in [0.2, 0.25) is 0 Å². The molecule has 0 spiro atoms. The van der Waals surface area contributed by atoms with Crippen molar-refractivity contribution in [1.29, 1.82) is 0 Å². The summed E-state index contributed by atoms with van der Waals surface area (Å²) >= 11 is 3.47. The zero-order valence-electron chi connectivity index (χ0n) is 18.1. The number of amides is 1. The molecule has 3 aromatic rings. The van der Waals surface area contributed by atoms with Gasteiger partial charge in [-0.25, -0.2) is 0 Å². The number of benzene rings is 2. The molecular formula is C24H27BrN4O3. The molecule has 8 heteroatoms. The summed E-state index contributed by atoms with van der Waals surface area (Å²) in [6.45, 7) is 2.80. The van der Waals surface area contributed by atoms with Gasteiger partial charge in [-0.1, -0.05) is 45.4 Å². The lowest BCUT2D eigenvalue weighted by Gasteiger charge is -2.30. The fourth-order valence-corrected chi connectivity index (χ4v) is 4.33. The summed E-state index contributed by atoms with van der Waals surface area (Å²) in [5, 5.41) is 7.20. The Morgan fingerprint density at radius 1 is 1.28 bits per heavy atom. The molecule has 1 aliphatic rings. The van der Waals surface area contributed by atoms with E-state index < -0.39 is 0 Å². The fourth-order valence-electron chi connectivity index (χ4n) is 3.93. The minimum atomic E-state index is -0.0212. The largest absolute Gasteiger partial charge is 0.497 e. The number of methoxy groups -OCH3 is 1. The normalized spacial score (nSPS) is 16.6. The summed E-state index contributed by atoms with van der Waals surface area (Å²) in [6.07, 6.45) is 2.67. The van der Waals surface area contributed by atoms with Crippen molar-refractivity contribution in [3.63, 3.8) is 0 Å². The van der Waals surface area contributed by atoms with Crippen molar-refractivity contribution >= 4 is 21.8 Å². The van der Waals surface area contributed by atoms with Crippen LogP contribution in [0.15, 0.2) is 57.5 Å². The van der Waals surface area contributed by atoms with Crippen LogP contribution >= 0.6 is 15.9 Å². The van der Waals surface area contributed by atoms with Crippen molar-refractivity contribution in [3.8, 4) is 17.1 Å². The van der Waals surface area contributed by atoms with E-state index in [0.29, 0.717) is 31.3 Å². The minimum absolute atomic E-state index is 0.0212. The van der Waals surface area contributed by atoms with Gasteiger partial charge in [0.2, 0.25) is 17.6 Å². The molecule has 0 bridgehead atoms. The van der Waals surface area contributed by atoms with E-state index in [1.165, 1.54) is 5.56 Å². The van der Waals surface area contributed by atoms with E-state index in [0.717, 1.165) is 41.6 Å². The number of hydrogen-bond donors (Lipinski definition) is 1. The highest BCUT2D eigenvalue weighted by atomic mass is 79.9. The van der Waals surface area contributed by atoms with Crippen molar-refractivity contribution in [3.05, 3.63) is 64.5 Å². The first-order valence-corrected chi connectivity index (χ1v) is 11.6. The molecule has 168 valence electrons. The van der Waals surface area contributed by atoms with Crippen LogP contribution in [0.5, 0.6) is 5.75 Å². The molecule has 1 amide bonds. The number of nitrogens with one attached hydrogen (secondary N) is 1. The number of carbonyl (C=O) groups excluding carboxylic acids is 1. The van der Waals surface area contributed by atoms with E-state index in [1.807, 2.05) is 48.5 Å². The molecule has 7 nitrogen and oxygen atoms in total. The lowest BCUT2D eigenvalue weighted by Crippen LogP contribution is -2.43. The first-order chi connectivity index (χ1) is 15.6. The molecule has 32 heavy (non-hydrogen) atoms. The summed E-state index contributed by atoms with van der Waals surface area (Å²) in [5.74, 6) is 2.08. The van der Waals surface area contributed by atoms with Gasteiger partial charge < -0.3 is 14.6 Å². The maximum atomic E-state index is 12.7. The highest BCUT2D eigenvalue weighted by molar-refractivity contribution is 9.10. The van der Waals surface area contributed by atoms with Gasteiger partial charge >= 0.3 is 0 Å². The van der Waals surface area contributed by atoms with Gasteiger partial charge in [0.25, 0.3) is 0 Å². The molecule has 1 aromatic heterocycles. The molecule has 1 atom stereocenters. The van der Waals surface area contributed by atoms with Gasteiger partial charge in [-0.05, 0) is 55.6 Å². The first kappa shape index (κ1) is 22.5. The third kappa shape index (κ3) is 5.95. The van der Waals surface area contributed by atoms with Crippen LogP contribution in [-0.2, 0) is 17.8 Å². The number of carbonyl (C=O) groups is 1. The van der Waals surface area contributed by atoms with Crippen LogP contribution in [0.1, 0.15) is 24.3 Å². The third-order valence-electron chi connectivity index (χ3n) is 5.66. The zero-order valence-corrected chi connectivity index (χ0v) is 19.7. The van der Waals surface area contributed by atoms with E-state index in [1.54, 1.807) is 7.11 Å². The van der Waals surface area contributed by atoms with Gasteiger partial charge in [0.05, 0.1) is 19.6 Å². The van der Waals surface area contributed by atoms with Gasteiger partial charge in [-0.15, -0.1) is 0 Å². The number of halogens is 1. The van der Waals surface area contributed by atoms with E-state index in [2.05, 4.69) is 36.3 Å². The predicted octanol–water partition coefficient (Wildman–Crippen LogP) is 4.08. The summed E-state index contributed by atoms with van der Waals surface area (Å²) < 4.78 is 11.6. The number of nitrogens with zero attached hydrogens (tertiary/aromatic N) is 3. The highest BCUT2D eigenvalue weighted by Gasteiger charge is 2.26. The quantitative estimate of drug-likeness (QED) is 0.503. The highest BCUT2D eigenvalue weighted by Crippen LogP contribution is 2.22. The van der Waals surface area contributed by atoms with Crippen LogP contribution in [0, 0.1) is 5.92 Å². The molecule has 4 rings (SSSR count). The Morgan fingerprint density at radius 3 is 2.91 bits per heavy atom. The Morgan fingerprint density at radius 2 is 2.12 bits per heavy atom. The molecular weight excluding hydrogens is 472 g/mol. The van der Waals surface area contributed by atoms with Crippen molar-refractivity contribution in [2.75, 3.05) is 26.7 Å². The maximum absolute atomic E-state index is 12.7. The number of likely N-dealkylation sites (tertiary alicyclic amines) is 1. The molecule has 0 aliphatic carbocycles. The lowest BCUT2D eigenvalue weighted by molar-refractivity contribution is -0.126. The van der Waals surface area contributed by atoms with Crippen LogP contribution in [0.25, 0.3) is 11.4 Å². The van der Waals surface area contributed by atoms with E-state index >= 15 is 0 Å². The number of rotatable bonds is 8. The van der Waals surface area contributed by atoms with E-state index in [4.69, 9.17) is 9.26 Å². The Balaban J connectivity index is 1.26. The lowest BCUT2D eigenvalue weighted by atomic mass is 9.97. The van der Waals surface area contributed by atoms with Gasteiger partial charge in [0, 0.05) is 23.1 Å². The number of hydrogen-bond acceptors (Lipinski definition) is 6. The Kier molecular flexibility index (Phi) is 7.55. The number of aromatic nitrogens is 2. The topological polar surface area (TPSA) is 80.5 Å². The second-order valence-electron chi connectivity index (χ2n) is 7.99. The van der Waals surface area contributed by atoms with Crippen LogP contribution in [0.3, 0.4) is 0 Å². The van der Waals surface area contributed by atoms with Crippen molar-refractivity contribution < 1.29 is 14.1 Å². The van der Waals surface area contributed by atoms with Gasteiger partial charge in [0.1, 0.15) is 5.75 Å². The van der Waals surface area contributed by atoms with Crippen LogP contribution < -0.4 is 10.1 Å². The van der Waals surface area contributed by atoms with E-state index in [-0.39, 0.29) is 11.8 Å². The number of ether oxygens (including phenoxy) is 1. The molecule has 0 saturated carbocycles. The summed E-state index contributed by atoms with van der Waals surface area (Å²) in [4.78, 5) is 19.4. The molecule has 1 N–H and O–H groups in total. The molecule has 2 heterocycles. The average Bonchev–Trinajstić information content (AvgIpc) is 3.28. The molecule has 1 aliphatic heterocycles. The van der Waals surface area contributed by atoms with Gasteiger partial charge in [-0.3, -0.25) is 9.69 Å². The second kappa shape index (κ2) is 10.7. The Hall–Kier alpha value is -2.71. The first-order valence-electron chi connectivity index (χ1n) is 10.8. The summed E-state index contributed by atoms with van der Waals surface area (Å²) in [6, 6.07) is 15.7. The van der Waals surface area contributed by atoms with Crippen molar-refractivity contribution in [2.24, 2.45) is 5.92 Å². The molecule has 0 radical (unpaired) electrons. The SMILES string of the molecule is COc1ccc(CCNC(=O)C2CCCN(Cc3nc(-c4cccc(Br)c4)no3)C2)cc1. The van der Waals surface area contributed by atoms with Gasteiger partial charge in [-0.2, -0.15) is 4.98 Å². The van der Waals surface area contributed by atoms with Crippen molar-refractivity contribution in [1.82, 2.24) is 20.4 Å². The maximum Gasteiger partial charge on any atom is 0.241 e. The van der Waals surface area contributed by atoms with Crippen molar-refractivity contribution in [2.45, 2.75) is 25.8 Å². The second-order valence-corrected chi connectivity index (χ2v) is 8.90. The predicted molar refractivity (Wildman–Crippen MR) is 125 cm³/mol. The third-order valence-corrected chi connectivity index (χ3v) is 6.15. The average molecular weight is 499 g/mol. The summed E-state index contributed by atoms with van der Waals surface area (Å²) in [7, 11) is 1.66. The standard InChI is InChI=1S/C24H27BrN4O3/c1-31-21-9-7-17(8-10-21)11-12-26-24(30)19-5-3-13-29(15-19)16-22-27-23(28-32-22)18-4-2-6-20(25)14-18/h2,4,6-10,14,19H,3,5,11-13,15-16H2,1H3,(H,26,30). The molecule has 1 unspecified atom stereocenters. The molecule has 1 fully saturated rings. The zero-order chi connectivity index (χ0) is 22.3. The molecule has 1 saturated heterocycles. The number of piperidine rings is 1. The Labute approximate surface area is 196 Å². The van der Waals surface area contributed by atoms with Gasteiger partial charge in [0.15, 0.2) is 0 Å². The smallest absolute Gasteiger partial charge is 0.241 e. The monoisotopic (exact) mass is 498 g/mol. The minimum Gasteiger partial charge on any atom is -0.497 e. The Bertz CT molecular complexity index is 1040. The van der Waals surface area contributed by atoms with Crippen LogP contribution in [-0.4, -0.2) is 47.7 Å². The van der Waals surface area contributed by atoms with E-state index in [9.17, 15) is 4.79 Å². The summed E-state index contributed by atoms with van der Waals surface area (Å²) in [5.41, 5.74) is 2.08.